The Morgan fingerprint density at radius 3 is 2.75 bits per heavy atom. The van der Waals surface area contributed by atoms with E-state index >= 15 is 0 Å². The van der Waals surface area contributed by atoms with Gasteiger partial charge in [-0.1, -0.05) is 5.16 Å². The molecule has 20 heavy (non-hydrogen) atoms. The summed E-state index contributed by atoms with van der Waals surface area (Å²) in [4.78, 5) is 5.57. The molecule has 0 saturated carbocycles. The van der Waals surface area contributed by atoms with Gasteiger partial charge in [-0.2, -0.15) is 4.98 Å². The Bertz CT molecular complexity index is 527. The quantitative estimate of drug-likeness (QED) is 0.625. The summed E-state index contributed by atoms with van der Waals surface area (Å²) in [7, 11) is 1.68. The van der Waals surface area contributed by atoms with Crippen LogP contribution in [0.2, 0.25) is 0 Å². The van der Waals surface area contributed by atoms with Crippen molar-refractivity contribution >= 4 is 11.8 Å². The molecule has 0 aliphatic carbocycles. The minimum absolute atomic E-state index is 0.239. The molecule has 2 aromatic rings. The molecular weight excluding hydrogens is 274 g/mol. The zero-order chi connectivity index (χ0) is 14.4. The van der Waals surface area contributed by atoms with Gasteiger partial charge in [-0.25, -0.2) is 0 Å². The summed E-state index contributed by atoms with van der Waals surface area (Å²) >= 11 is 1.70. The third kappa shape index (κ3) is 3.82. The second-order valence-corrected chi connectivity index (χ2v) is 5.31. The highest BCUT2D eigenvalue weighted by molar-refractivity contribution is 7.98. The van der Waals surface area contributed by atoms with E-state index in [0.717, 1.165) is 18.4 Å². The Kier molecular flexibility index (Phi) is 5.58. The maximum Gasteiger partial charge on any atom is 0.243 e. The molecule has 108 valence electrons. The summed E-state index contributed by atoms with van der Waals surface area (Å²) < 4.78 is 10.2. The molecule has 0 amide bonds. The molecule has 1 unspecified atom stereocenters. The lowest BCUT2D eigenvalue weighted by atomic mass is 10.2. The summed E-state index contributed by atoms with van der Waals surface area (Å²) in [5, 5.41) is 3.99. The van der Waals surface area contributed by atoms with Crippen LogP contribution in [0.15, 0.2) is 33.7 Å². The number of ether oxygens (including phenoxy) is 1. The number of thioether (sulfide) groups is 1. The normalized spacial score (nSPS) is 12.6. The van der Waals surface area contributed by atoms with Crippen molar-refractivity contribution in [1.29, 1.82) is 0 Å². The minimum atomic E-state index is -0.239. The molecule has 1 heterocycles. The van der Waals surface area contributed by atoms with Crippen molar-refractivity contribution < 1.29 is 9.26 Å². The highest BCUT2D eigenvalue weighted by Gasteiger charge is 2.15. The maximum absolute atomic E-state index is 6.02. The summed E-state index contributed by atoms with van der Waals surface area (Å²) in [5.74, 6) is 1.06. The van der Waals surface area contributed by atoms with Gasteiger partial charge in [0.1, 0.15) is 0 Å². The molecular formula is C14H19N3O2S. The van der Waals surface area contributed by atoms with Gasteiger partial charge in [0.15, 0.2) is 0 Å². The van der Waals surface area contributed by atoms with Gasteiger partial charge in [-0.05, 0) is 43.4 Å². The lowest BCUT2D eigenvalue weighted by Crippen LogP contribution is -2.11. The smallest absolute Gasteiger partial charge is 0.243 e. The fourth-order valence-corrected chi connectivity index (χ4v) is 2.22. The Morgan fingerprint density at radius 2 is 2.10 bits per heavy atom. The summed E-state index contributed by atoms with van der Waals surface area (Å²) in [5.41, 5.74) is 6.95. The lowest BCUT2D eigenvalue weighted by molar-refractivity contribution is 0.188. The fourth-order valence-electron chi connectivity index (χ4n) is 1.81. The molecule has 0 saturated heterocycles. The van der Waals surface area contributed by atoms with Crippen molar-refractivity contribution in [2.45, 2.75) is 23.8 Å². The van der Waals surface area contributed by atoms with Crippen molar-refractivity contribution in [3.63, 3.8) is 0 Å². The van der Waals surface area contributed by atoms with E-state index in [1.54, 1.807) is 18.9 Å². The number of hydrogen-bond donors (Lipinski definition) is 1. The van der Waals surface area contributed by atoms with Gasteiger partial charge in [-0.3, -0.25) is 0 Å². The summed E-state index contributed by atoms with van der Waals surface area (Å²) in [6.07, 6.45) is 3.68. The SMILES string of the molecule is COCCCC(N)c1nc(-c2ccc(SC)cc2)no1. The fraction of sp³-hybridized carbons (Fsp3) is 0.429. The number of benzene rings is 1. The maximum atomic E-state index is 6.02. The monoisotopic (exact) mass is 293 g/mol. The summed E-state index contributed by atoms with van der Waals surface area (Å²) in [6.45, 7) is 0.685. The second-order valence-electron chi connectivity index (χ2n) is 4.43. The summed E-state index contributed by atoms with van der Waals surface area (Å²) in [6, 6.07) is 7.80. The first-order valence-corrected chi connectivity index (χ1v) is 7.69. The van der Waals surface area contributed by atoms with E-state index < -0.39 is 0 Å². The van der Waals surface area contributed by atoms with Crippen LogP contribution in [0.1, 0.15) is 24.8 Å². The van der Waals surface area contributed by atoms with Crippen LogP contribution in [0.5, 0.6) is 0 Å². The van der Waals surface area contributed by atoms with Gasteiger partial charge in [0.05, 0.1) is 6.04 Å². The van der Waals surface area contributed by atoms with E-state index in [9.17, 15) is 0 Å². The third-order valence-electron chi connectivity index (χ3n) is 2.97. The van der Waals surface area contributed by atoms with Crippen LogP contribution in [0.3, 0.4) is 0 Å². The lowest BCUT2D eigenvalue weighted by Gasteiger charge is -2.04. The highest BCUT2D eigenvalue weighted by Crippen LogP contribution is 2.22. The molecule has 1 aromatic heterocycles. The van der Waals surface area contributed by atoms with Gasteiger partial charge in [-0.15, -0.1) is 11.8 Å². The molecule has 1 aromatic carbocycles. The first kappa shape index (κ1) is 15.0. The highest BCUT2D eigenvalue weighted by atomic mass is 32.2. The number of aromatic nitrogens is 2. The Labute approximate surface area is 122 Å². The Balaban J connectivity index is 2.03. The Morgan fingerprint density at radius 1 is 1.35 bits per heavy atom. The number of nitrogens with zero attached hydrogens (tertiary/aromatic N) is 2. The van der Waals surface area contributed by atoms with Crippen LogP contribution in [0.4, 0.5) is 0 Å². The van der Waals surface area contributed by atoms with Gasteiger partial charge >= 0.3 is 0 Å². The van der Waals surface area contributed by atoms with Crippen LogP contribution in [0.25, 0.3) is 11.4 Å². The predicted molar refractivity (Wildman–Crippen MR) is 79.6 cm³/mol. The molecule has 1 atom stereocenters. The molecule has 0 spiro atoms. The number of rotatable bonds is 7. The zero-order valence-electron chi connectivity index (χ0n) is 11.7. The number of hydrogen-bond acceptors (Lipinski definition) is 6. The Hall–Kier alpha value is -1.37. The first-order valence-electron chi connectivity index (χ1n) is 6.47. The number of methoxy groups -OCH3 is 1. The first-order chi connectivity index (χ1) is 9.74. The van der Waals surface area contributed by atoms with E-state index in [-0.39, 0.29) is 6.04 Å². The molecule has 0 bridgehead atoms. The molecule has 5 nitrogen and oxygen atoms in total. The predicted octanol–water partition coefficient (Wildman–Crippen LogP) is 2.88. The second kappa shape index (κ2) is 7.42. The van der Waals surface area contributed by atoms with Crippen LogP contribution in [0, 0.1) is 0 Å². The van der Waals surface area contributed by atoms with E-state index in [2.05, 4.69) is 10.1 Å². The molecule has 0 aliphatic rings. The van der Waals surface area contributed by atoms with Crippen LogP contribution < -0.4 is 5.73 Å². The van der Waals surface area contributed by atoms with Gasteiger partial charge < -0.3 is 15.0 Å². The molecule has 6 heteroatoms. The van der Waals surface area contributed by atoms with Crippen molar-refractivity contribution in [2.24, 2.45) is 5.73 Å². The van der Waals surface area contributed by atoms with E-state index in [1.165, 1.54) is 4.90 Å². The largest absolute Gasteiger partial charge is 0.385 e. The molecule has 0 radical (unpaired) electrons. The minimum Gasteiger partial charge on any atom is -0.385 e. The van der Waals surface area contributed by atoms with Crippen molar-refractivity contribution in [3.8, 4) is 11.4 Å². The van der Waals surface area contributed by atoms with Gasteiger partial charge in [0.2, 0.25) is 11.7 Å². The topological polar surface area (TPSA) is 74.2 Å². The third-order valence-corrected chi connectivity index (χ3v) is 3.71. The molecule has 0 fully saturated rings. The van der Waals surface area contributed by atoms with Crippen LogP contribution >= 0.6 is 11.8 Å². The van der Waals surface area contributed by atoms with Gasteiger partial charge in [0.25, 0.3) is 0 Å². The van der Waals surface area contributed by atoms with Crippen molar-refractivity contribution in [2.75, 3.05) is 20.0 Å². The number of nitrogens with two attached hydrogens (primary N) is 1. The molecule has 2 N–H and O–H groups in total. The van der Waals surface area contributed by atoms with Crippen molar-refractivity contribution in [3.05, 3.63) is 30.2 Å². The zero-order valence-corrected chi connectivity index (χ0v) is 12.5. The molecule has 0 aliphatic heterocycles. The van der Waals surface area contributed by atoms with Crippen LogP contribution in [-0.2, 0) is 4.74 Å². The molecule has 2 rings (SSSR count). The standard InChI is InChI=1S/C14H19N3O2S/c1-18-9-3-4-12(15)14-16-13(17-19-14)10-5-7-11(20-2)8-6-10/h5-8,12H,3-4,9,15H2,1-2H3. The van der Waals surface area contributed by atoms with Crippen LogP contribution in [-0.4, -0.2) is 30.1 Å². The van der Waals surface area contributed by atoms with Crippen molar-refractivity contribution in [1.82, 2.24) is 10.1 Å². The van der Waals surface area contributed by atoms with E-state index in [0.29, 0.717) is 18.3 Å². The average molecular weight is 293 g/mol. The average Bonchev–Trinajstić information content (AvgIpc) is 2.97. The van der Waals surface area contributed by atoms with E-state index in [4.69, 9.17) is 15.0 Å². The van der Waals surface area contributed by atoms with E-state index in [1.807, 2.05) is 30.5 Å². The van der Waals surface area contributed by atoms with Gasteiger partial charge in [0, 0.05) is 24.2 Å².